The molecule has 0 aliphatic rings. The zero-order valence-corrected chi connectivity index (χ0v) is 20.4. The van der Waals surface area contributed by atoms with Crippen molar-refractivity contribution in [1.82, 2.24) is 5.43 Å². The molecule has 3 aromatic carbocycles. The Balaban J connectivity index is 1.70. The Morgan fingerprint density at radius 2 is 1.93 bits per heavy atom. The lowest BCUT2D eigenvalue weighted by molar-refractivity contribution is 0.0955. The van der Waals surface area contributed by atoms with Gasteiger partial charge in [-0.25, -0.2) is 5.43 Å². The third-order valence-electron chi connectivity index (χ3n) is 4.07. The van der Waals surface area contributed by atoms with Crippen molar-refractivity contribution in [3.05, 3.63) is 90.4 Å². The average molecular weight is 600 g/mol. The summed E-state index contributed by atoms with van der Waals surface area (Å²) in [6.45, 7) is 0.322. The molecule has 0 aromatic heterocycles. The number of halogens is 3. The van der Waals surface area contributed by atoms with Gasteiger partial charge in [-0.2, -0.15) is 5.10 Å². The Kier molecular flexibility index (Phi) is 8.12. The van der Waals surface area contributed by atoms with Crippen LogP contribution in [0, 0.1) is 3.57 Å². The largest absolute Gasteiger partial charge is 0.493 e. The van der Waals surface area contributed by atoms with Crippen LogP contribution in [0.2, 0.25) is 5.02 Å². The number of hydrogen-bond acceptors (Lipinski definition) is 4. The lowest BCUT2D eigenvalue weighted by atomic mass is 10.2. The molecule has 0 atom stereocenters. The molecule has 0 fully saturated rings. The highest BCUT2D eigenvalue weighted by atomic mass is 127. The molecular weight excluding hydrogens is 583 g/mol. The van der Waals surface area contributed by atoms with Crippen LogP contribution in [0.1, 0.15) is 21.5 Å². The molecule has 0 heterocycles. The van der Waals surface area contributed by atoms with E-state index in [2.05, 4.69) is 49.0 Å². The first-order chi connectivity index (χ1) is 14.5. The number of nitrogens with one attached hydrogen (secondary N) is 1. The van der Waals surface area contributed by atoms with Crippen molar-refractivity contribution in [2.75, 3.05) is 7.11 Å². The van der Waals surface area contributed by atoms with Gasteiger partial charge in [-0.1, -0.05) is 45.7 Å². The summed E-state index contributed by atoms with van der Waals surface area (Å²) in [5.74, 6) is 0.892. The topological polar surface area (TPSA) is 59.9 Å². The first-order valence-electron chi connectivity index (χ1n) is 8.80. The minimum absolute atomic E-state index is 0.292. The second-order valence-electron chi connectivity index (χ2n) is 6.12. The van der Waals surface area contributed by atoms with Crippen LogP contribution >= 0.6 is 50.1 Å². The van der Waals surface area contributed by atoms with Crippen molar-refractivity contribution in [2.24, 2.45) is 5.10 Å². The van der Waals surface area contributed by atoms with E-state index in [1.54, 1.807) is 43.7 Å². The Hall–Kier alpha value is -2.10. The van der Waals surface area contributed by atoms with Crippen LogP contribution < -0.4 is 14.9 Å². The molecule has 0 saturated carbocycles. The molecule has 0 radical (unpaired) electrons. The number of carbonyl (C=O) groups is 1. The standard InChI is InChI=1S/C22H17BrClIN2O3/c1-29-20-11-14(12-26-27-22(28)15-6-8-17(23)9-7-15)10-19(25)21(20)30-13-16-4-2-3-5-18(16)24/h2-12H,13H2,1H3,(H,27,28)/b26-12-. The lowest BCUT2D eigenvalue weighted by Gasteiger charge is -2.14. The average Bonchev–Trinajstić information content (AvgIpc) is 2.74. The Morgan fingerprint density at radius 3 is 2.63 bits per heavy atom. The van der Waals surface area contributed by atoms with Crippen LogP contribution in [0.3, 0.4) is 0 Å². The quantitative estimate of drug-likeness (QED) is 0.204. The van der Waals surface area contributed by atoms with Gasteiger partial charge in [-0.3, -0.25) is 4.79 Å². The van der Waals surface area contributed by atoms with Crippen LogP contribution in [0.25, 0.3) is 0 Å². The van der Waals surface area contributed by atoms with E-state index in [-0.39, 0.29) is 5.91 Å². The molecule has 3 aromatic rings. The molecule has 0 aliphatic carbocycles. The fraction of sp³-hybridized carbons (Fsp3) is 0.0909. The maximum absolute atomic E-state index is 12.1. The minimum atomic E-state index is -0.292. The minimum Gasteiger partial charge on any atom is -0.493 e. The van der Waals surface area contributed by atoms with Gasteiger partial charge in [0.25, 0.3) is 5.91 Å². The van der Waals surface area contributed by atoms with Crippen molar-refractivity contribution >= 4 is 62.2 Å². The normalized spacial score (nSPS) is 10.8. The number of ether oxygens (including phenoxy) is 2. The third kappa shape index (κ3) is 5.96. The second-order valence-corrected chi connectivity index (χ2v) is 8.61. The van der Waals surface area contributed by atoms with Crippen LogP contribution in [-0.2, 0) is 6.61 Å². The molecule has 30 heavy (non-hydrogen) atoms. The van der Waals surface area contributed by atoms with Gasteiger partial charge in [0.05, 0.1) is 16.9 Å². The molecule has 0 aliphatic heterocycles. The van der Waals surface area contributed by atoms with Gasteiger partial charge in [-0.05, 0) is 70.6 Å². The number of carbonyl (C=O) groups excluding carboxylic acids is 1. The second kappa shape index (κ2) is 10.8. The zero-order chi connectivity index (χ0) is 21.5. The Labute approximate surface area is 201 Å². The van der Waals surface area contributed by atoms with Crippen molar-refractivity contribution < 1.29 is 14.3 Å². The fourth-order valence-corrected chi connectivity index (χ4v) is 3.79. The van der Waals surface area contributed by atoms with Crippen LogP contribution in [-0.4, -0.2) is 19.2 Å². The van der Waals surface area contributed by atoms with Crippen molar-refractivity contribution in [1.29, 1.82) is 0 Å². The number of nitrogens with zero attached hydrogens (tertiary/aromatic N) is 1. The highest BCUT2D eigenvalue weighted by molar-refractivity contribution is 14.1. The van der Waals surface area contributed by atoms with Gasteiger partial charge in [0, 0.05) is 20.6 Å². The maximum Gasteiger partial charge on any atom is 0.271 e. The predicted molar refractivity (Wildman–Crippen MR) is 131 cm³/mol. The number of hydrazone groups is 1. The third-order valence-corrected chi connectivity index (χ3v) is 5.77. The number of methoxy groups -OCH3 is 1. The van der Waals surface area contributed by atoms with Gasteiger partial charge in [-0.15, -0.1) is 0 Å². The van der Waals surface area contributed by atoms with E-state index in [1.807, 2.05) is 30.3 Å². The molecule has 0 bridgehead atoms. The summed E-state index contributed by atoms with van der Waals surface area (Å²) >= 11 is 11.7. The Bertz CT molecular complexity index is 1070. The van der Waals surface area contributed by atoms with E-state index in [1.165, 1.54) is 0 Å². The van der Waals surface area contributed by atoms with E-state index in [9.17, 15) is 4.79 Å². The molecule has 0 unspecified atom stereocenters. The van der Waals surface area contributed by atoms with E-state index in [0.717, 1.165) is 19.2 Å². The smallest absolute Gasteiger partial charge is 0.271 e. The first-order valence-corrected chi connectivity index (χ1v) is 11.1. The molecule has 0 saturated heterocycles. The monoisotopic (exact) mass is 598 g/mol. The van der Waals surface area contributed by atoms with Crippen molar-refractivity contribution in [3.63, 3.8) is 0 Å². The summed E-state index contributed by atoms with van der Waals surface area (Å²) < 4.78 is 13.2. The van der Waals surface area contributed by atoms with Gasteiger partial charge in [0.2, 0.25) is 0 Å². The summed E-state index contributed by atoms with van der Waals surface area (Å²) in [6, 6.07) is 18.2. The summed E-state index contributed by atoms with van der Waals surface area (Å²) in [6.07, 6.45) is 1.55. The maximum atomic E-state index is 12.1. The first kappa shape index (κ1) is 22.6. The predicted octanol–water partition coefficient (Wildman–Crippen LogP) is 6.06. The van der Waals surface area contributed by atoms with Crippen LogP contribution in [0.5, 0.6) is 11.5 Å². The van der Waals surface area contributed by atoms with Crippen molar-refractivity contribution in [3.8, 4) is 11.5 Å². The van der Waals surface area contributed by atoms with E-state index < -0.39 is 0 Å². The molecule has 154 valence electrons. The summed E-state index contributed by atoms with van der Waals surface area (Å²) in [4.78, 5) is 12.1. The van der Waals surface area contributed by atoms with E-state index in [4.69, 9.17) is 21.1 Å². The summed E-state index contributed by atoms with van der Waals surface area (Å²) in [5.41, 5.74) is 4.69. The molecule has 1 N–H and O–H groups in total. The van der Waals surface area contributed by atoms with E-state index >= 15 is 0 Å². The summed E-state index contributed by atoms with van der Waals surface area (Å²) in [5, 5.41) is 4.69. The fourth-order valence-electron chi connectivity index (χ4n) is 2.55. The summed E-state index contributed by atoms with van der Waals surface area (Å²) in [7, 11) is 1.57. The van der Waals surface area contributed by atoms with Gasteiger partial charge >= 0.3 is 0 Å². The molecule has 0 spiro atoms. The number of benzene rings is 3. The van der Waals surface area contributed by atoms with Crippen LogP contribution in [0.15, 0.2) is 70.2 Å². The molecule has 8 heteroatoms. The van der Waals surface area contributed by atoms with Gasteiger partial charge in [0.1, 0.15) is 6.61 Å². The van der Waals surface area contributed by atoms with Crippen LogP contribution in [0.4, 0.5) is 0 Å². The SMILES string of the molecule is COc1cc(/C=N\NC(=O)c2ccc(Br)cc2)cc(I)c1OCc1ccccc1Cl. The number of rotatable bonds is 7. The zero-order valence-electron chi connectivity index (χ0n) is 15.9. The highest BCUT2D eigenvalue weighted by Gasteiger charge is 2.12. The lowest BCUT2D eigenvalue weighted by Crippen LogP contribution is -2.17. The molecule has 5 nitrogen and oxygen atoms in total. The highest BCUT2D eigenvalue weighted by Crippen LogP contribution is 2.34. The van der Waals surface area contributed by atoms with E-state index in [0.29, 0.717) is 28.7 Å². The molecule has 3 rings (SSSR count). The number of amides is 1. The van der Waals surface area contributed by atoms with Crippen molar-refractivity contribution in [2.45, 2.75) is 6.61 Å². The van der Waals surface area contributed by atoms with Gasteiger partial charge in [0.15, 0.2) is 11.5 Å². The molecule has 1 amide bonds. The van der Waals surface area contributed by atoms with Gasteiger partial charge < -0.3 is 9.47 Å². The molecular formula is C22H17BrClIN2O3. The Morgan fingerprint density at radius 1 is 1.20 bits per heavy atom. The number of hydrogen-bond donors (Lipinski definition) is 1.